The highest BCUT2D eigenvalue weighted by Crippen LogP contribution is 2.36. The van der Waals surface area contributed by atoms with E-state index in [2.05, 4.69) is 5.32 Å². The van der Waals surface area contributed by atoms with Gasteiger partial charge in [-0.3, -0.25) is 9.59 Å². The summed E-state index contributed by atoms with van der Waals surface area (Å²) in [6.07, 6.45) is 0.119. The van der Waals surface area contributed by atoms with Crippen LogP contribution in [-0.4, -0.2) is 18.4 Å². The molecule has 1 fully saturated rings. The minimum Gasteiger partial charge on any atom is -0.325 e. The maximum Gasteiger partial charge on any atom is 0.229 e. The summed E-state index contributed by atoms with van der Waals surface area (Å²) in [4.78, 5) is 26.4. The molecule has 1 aliphatic rings. The number of carbonyl (C=O) groups is 2. The monoisotopic (exact) mass is 396 g/mol. The van der Waals surface area contributed by atoms with E-state index in [-0.39, 0.29) is 24.8 Å². The van der Waals surface area contributed by atoms with Gasteiger partial charge in [0, 0.05) is 23.7 Å². The van der Waals surface area contributed by atoms with Gasteiger partial charge in [-0.05, 0) is 36.8 Å². The summed E-state index contributed by atoms with van der Waals surface area (Å²) < 4.78 is 0. The minimum atomic E-state index is -0.471. The molecule has 1 aliphatic heterocycles. The molecule has 7 heteroatoms. The predicted molar refractivity (Wildman–Crippen MR) is 102 cm³/mol. The molecular weight excluding hydrogens is 383 g/mol. The first-order valence-electron chi connectivity index (χ1n) is 7.69. The van der Waals surface area contributed by atoms with E-state index in [1.165, 1.54) is 4.90 Å². The molecule has 2 aromatic carbocycles. The van der Waals surface area contributed by atoms with Crippen molar-refractivity contribution in [3.8, 4) is 0 Å². The third-order valence-electron chi connectivity index (χ3n) is 4.24. The second kappa shape index (κ2) is 7.24. The molecule has 1 heterocycles. The van der Waals surface area contributed by atoms with Crippen LogP contribution >= 0.6 is 34.8 Å². The van der Waals surface area contributed by atoms with Crippen LogP contribution in [0.15, 0.2) is 36.4 Å². The third-order valence-corrected chi connectivity index (χ3v) is 5.46. The molecule has 0 bridgehead atoms. The molecule has 1 N–H and O–H groups in total. The van der Waals surface area contributed by atoms with Gasteiger partial charge < -0.3 is 10.2 Å². The molecule has 0 unspecified atom stereocenters. The van der Waals surface area contributed by atoms with E-state index in [0.29, 0.717) is 26.4 Å². The summed E-state index contributed by atoms with van der Waals surface area (Å²) in [5, 5.41) is 4.11. The molecule has 2 amide bonds. The van der Waals surface area contributed by atoms with E-state index in [4.69, 9.17) is 34.8 Å². The molecule has 0 aliphatic carbocycles. The fourth-order valence-corrected chi connectivity index (χ4v) is 3.37. The number of benzene rings is 2. The number of hydrogen-bond donors (Lipinski definition) is 1. The Labute approximate surface area is 160 Å². The molecule has 2 aromatic rings. The molecule has 0 saturated carbocycles. The highest BCUT2D eigenvalue weighted by Gasteiger charge is 2.36. The van der Waals surface area contributed by atoms with Crippen molar-refractivity contribution in [1.29, 1.82) is 0 Å². The molecule has 25 heavy (non-hydrogen) atoms. The normalized spacial score (nSPS) is 17.0. The Kier molecular flexibility index (Phi) is 5.23. The van der Waals surface area contributed by atoms with E-state index in [0.717, 1.165) is 5.56 Å². The van der Waals surface area contributed by atoms with Crippen molar-refractivity contribution in [2.75, 3.05) is 16.8 Å². The van der Waals surface area contributed by atoms with Crippen LogP contribution in [0, 0.1) is 12.8 Å². The maximum atomic E-state index is 12.6. The smallest absolute Gasteiger partial charge is 0.229 e. The maximum absolute atomic E-state index is 12.6. The van der Waals surface area contributed by atoms with Crippen molar-refractivity contribution < 1.29 is 9.59 Å². The zero-order valence-electron chi connectivity index (χ0n) is 13.4. The number of nitrogens with one attached hydrogen (secondary N) is 1. The molecule has 0 radical (unpaired) electrons. The van der Waals surface area contributed by atoms with E-state index in [1.54, 1.807) is 36.4 Å². The largest absolute Gasteiger partial charge is 0.325 e. The molecular formula is C18H15Cl3N2O2. The topological polar surface area (TPSA) is 49.4 Å². The van der Waals surface area contributed by atoms with Crippen molar-refractivity contribution in [2.24, 2.45) is 5.92 Å². The molecule has 0 aromatic heterocycles. The standard InChI is InChI=1S/C18H15Cl3N2O2/c1-10-12(19)4-2-6-14(10)22-18(25)11-8-16(24)23(9-11)15-7-3-5-13(20)17(15)21/h2-7,11H,8-9H2,1H3,(H,22,25)/t11-/m1/s1. The highest BCUT2D eigenvalue weighted by atomic mass is 35.5. The Morgan fingerprint density at radius 1 is 1.12 bits per heavy atom. The predicted octanol–water partition coefficient (Wildman–Crippen LogP) is 4.95. The van der Waals surface area contributed by atoms with Gasteiger partial charge in [0.1, 0.15) is 0 Å². The van der Waals surface area contributed by atoms with Crippen molar-refractivity contribution in [3.63, 3.8) is 0 Å². The van der Waals surface area contributed by atoms with Crippen LogP contribution in [0.4, 0.5) is 11.4 Å². The summed E-state index contributed by atoms with van der Waals surface area (Å²) >= 11 is 18.3. The SMILES string of the molecule is Cc1c(Cl)cccc1NC(=O)[C@@H]1CC(=O)N(c2cccc(Cl)c2Cl)C1. The second-order valence-electron chi connectivity index (χ2n) is 5.88. The fourth-order valence-electron chi connectivity index (χ4n) is 2.79. The second-order valence-corrected chi connectivity index (χ2v) is 7.07. The fraction of sp³-hybridized carbons (Fsp3) is 0.222. The molecule has 3 rings (SSSR count). The zero-order chi connectivity index (χ0) is 18.1. The Hall–Kier alpha value is -1.75. The van der Waals surface area contributed by atoms with Gasteiger partial charge in [0.15, 0.2) is 0 Å². The van der Waals surface area contributed by atoms with Crippen LogP contribution in [0.3, 0.4) is 0 Å². The van der Waals surface area contributed by atoms with Gasteiger partial charge in [0.25, 0.3) is 0 Å². The van der Waals surface area contributed by atoms with E-state index >= 15 is 0 Å². The van der Waals surface area contributed by atoms with Crippen molar-refractivity contribution in [2.45, 2.75) is 13.3 Å². The lowest BCUT2D eigenvalue weighted by molar-refractivity contribution is -0.122. The first-order chi connectivity index (χ1) is 11.9. The third kappa shape index (κ3) is 3.61. The van der Waals surface area contributed by atoms with E-state index in [9.17, 15) is 9.59 Å². The van der Waals surface area contributed by atoms with Crippen LogP contribution in [-0.2, 0) is 9.59 Å². The van der Waals surface area contributed by atoms with Crippen LogP contribution < -0.4 is 10.2 Å². The van der Waals surface area contributed by atoms with Crippen LogP contribution in [0.1, 0.15) is 12.0 Å². The summed E-state index contributed by atoms with van der Waals surface area (Å²) in [5.74, 6) is -0.854. The number of hydrogen-bond acceptors (Lipinski definition) is 2. The Morgan fingerprint density at radius 2 is 1.80 bits per heavy atom. The highest BCUT2D eigenvalue weighted by molar-refractivity contribution is 6.44. The van der Waals surface area contributed by atoms with Gasteiger partial charge in [-0.15, -0.1) is 0 Å². The number of carbonyl (C=O) groups excluding carboxylic acids is 2. The molecule has 1 atom stereocenters. The minimum absolute atomic E-state index is 0.119. The van der Waals surface area contributed by atoms with Crippen LogP contribution in [0.2, 0.25) is 15.1 Å². The number of rotatable bonds is 3. The first-order valence-corrected chi connectivity index (χ1v) is 8.82. The van der Waals surface area contributed by atoms with Crippen molar-refractivity contribution in [3.05, 3.63) is 57.0 Å². The van der Waals surface area contributed by atoms with Gasteiger partial charge in [-0.25, -0.2) is 0 Å². The average molecular weight is 398 g/mol. The molecule has 130 valence electrons. The van der Waals surface area contributed by atoms with E-state index < -0.39 is 5.92 Å². The summed E-state index contributed by atoms with van der Waals surface area (Å²) in [6, 6.07) is 10.4. The zero-order valence-corrected chi connectivity index (χ0v) is 15.6. The molecule has 1 saturated heterocycles. The van der Waals surface area contributed by atoms with Gasteiger partial charge in [0.05, 0.1) is 21.7 Å². The average Bonchev–Trinajstić information content (AvgIpc) is 2.96. The number of nitrogens with zero attached hydrogens (tertiary/aromatic N) is 1. The summed E-state index contributed by atoms with van der Waals surface area (Å²) in [5.41, 5.74) is 1.95. The summed E-state index contributed by atoms with van der Waals surface area (Å²) in [7, 11) is 0. The lowest BCUT2D eigenvalue weighted by Crippen LogP contribution is -2.28. The van der Waals surface area contributed by atoms with Gasteiger partial charge in [-0.1, -0.05) is 46.9 Å². The number of anilines is 2. The van der Waals surface area contributed by atoms with Gasteiger partial charge in [-0.2, -0.15) is 0 Å². The Bertz CT molecular complexity index is 854. The van der Waals surface area contributed by atoms with Gasteiger partial charge in [0.2, 0.25) is 11.8 Å². The summed E-state index contributed by atoms with van der Waals surface area (Å²) in [6.45, 7) is 2.08. The van der Waals surface area contributed by atoms with Gasteiger partial charge >= 0.3 is 0 Å². The first kappa shape index (κ1) is 18.1. The van der Waals surface area contributed by atoms with Crippen LogP contribution in [0.25, 0.3) is 0 Å². The van der Waals surface area contributed by atoms with Crippen LogP contribution in [0.5, 0.6) is 0 Å². The Morgan fingerprint density at radius 3 is 2.56 bits per heavy atom. The van der Waals surface area contributed by atoms with Crippen molar-refractivity contribution in [1.82, 2.24) is 0 Å². The van der Waals surface area contributed by atoms with E-state index in [1.807, 2.05) is 6.92 Å². The quantitative estimate of drug-likeness (QED) is 0.797. The number of halogens is 3. The van der Waals surface area contributed by atoms with Crippen molar-refractivity contribution >= 4 is 58.0 Å². The lowest BCUT2D eigenvalue weighted by Gasteiger charge is -2.19. The molecule has 4 nitrogen and oxygen atoms in total. The molecule has 0 spiro atoms. The lowest BCUT2D eigenvalue weighted by atomic mass is 10.1. The Balaban J connectivity index is 1.77. The number of amides is 2.